The van der Waals surface area contributed by atoms with Crippen molar-refractivity contribution >= 4 is 16.8 Å². The molecule has 3 aromatic carbocycles. The number of halogens is 1. The zero-order valence-corrected chi connectivity index (χ0v) is 20.8. The number of fused-ring (bicyclic) bond motifs is 1. The Hall–Kier alpha value is -4.59. The number of hydrogen-bond acceptors (Lipinski definition) is 4. The quantitative estimate of drug-likeness (QED) is 0.309. The number of hydrogen-bond donors (Lipinski definition) is 1. The van der Waals surface area contributed by atoms with E-state index >= 15 is 0 Å². The number of aryl methyl sites for hydroxylation is 1. The van der Waals surface area contributed by atoms with Crippen LogP contribution in [0.2, 0.25) is 0 Å². The minimum atomic E-state index is -0.496. The van der Waals surface area contributed by atoms with Gasteiger partial charge in [-0.1, -0.05) is 12.1 Å². The van der Waals surface area contributed by atoms with Crippen molar-refractivity contribution in [3.05, 3.63) is 108 Å². The third-order valence-electron chi connectivity index (χ3n) is 6.29. The first kappa shape index (κ1) is 24.1. The van der Waals surface area contributed by atoms with Crippen molar-refractivity contribution in [2.24, 2.45) is 7.05 Å². The second kappa shape index (κ2) is 10.2. The van der Waals surface area contributed by atoms with E-state index in [-0.39, 0.29) is 17.8 Å². The first-order chi connectivity index (χ1) is 17.9. The Balaban J connectivity index is 1.45. The van der Waals surface area contributed by atoms with Crippen LogP contribution in [0, 0.1) is 5.82 Å². The monoisotopic (exact) mass is 498 g/mol. The van der Waals surface area contributed by atoms with E-state index in [4.69, 9.17) is 9.47 Å². The number of carbonyl (C=O) groups is 1. The van der Waals surface area contributed by atoms with Crippen LogP contribution in [-0.4, -0.2) is 33.4 Å². The first-order valence-corrected chi connectivity index (χ1v) is 11.9. The number of amides is 1. The van der Waals surface area contributed by atoms with Gasteiger partial charge in [-0.3, -0.25) is 4.79 Å². The molecule has 37 heavy (non-hydrogen) atoms. The molecule has 0 saturated carbocycles. The normalized spacial score (nSPS) is 12.8. The predicted octanol–water partition coefficient (Wildman–Crippen LogP) is 5.45. The van der Waals surface area contributed by atoms with E-state index in [2.05, 4.69) is 10.4 Å². The van der Waals surface area contributed by atoms with Crippen molar-refractivity contribution in [1.82, 2.24) is 19.7 Å². The Kier molecular flexibility index (Phi) is 6.64. The average molecular weight is 499 g/mol. The highest BCUT2D eigenvalue weighted by atomic mass is 19.1. The smallest absolute Gasteiger partial charge is 0.268 e. The largest absolute Gasteiger partial charge is 0.497 e. The SMILES string of the molecule is COc1cccc(C(Oc2ccc3c(cnn3-c3ccc(F)cc3)c2)C(C)NC(=O)c2cccn2C)c1. The highest BCUT2D eigenvalue weighted by Gasteiger charge is 2.25. The molecule has 7 nitrogen and oxygen atoms in total. The summed E-state index contributed by atoms with van der Waals surface area (Å²) in [6.07, 6.45) is 3.08. The fraction of sp³-hybridized carbons (Fsp3) is 0.172. The molecule has 2 heterocycles. The fourth-order valence-corrected chi connectivity index (χ4v) is 4.35. The lowest BCUT2D eigenvalue weighted by molar-refractivity contribution is 0.0874. The lowest BCUT2D eigenvalue weighted by atomic mass is 10.0. The summed E-state index contributed by atoms with van der Waals surface area (Å²) in [6.45, 7) is 1.91. The standard InChI is InChI=1S/C29H27FN4O3/c1-19(32-29(35)27-8-5-15-33(27)2)28(20-6-4-7-24(16-20)36-3)37-25-13-14-26-21(17-25)18-31-34(26)23-11-9-22(30)10-12-23/h4-19,28H,1-3H3,(H,32,35). The van der Waals surface area contributed by atoms with Crippen molar-refractivity contribution in [3.63, 3.8) is 0 Å². The molecule has 0 aliphatic heterocycles. The summed E-state index contributed by atoms with van der Waals surface area (Å²) in [4.78, 5) is 12.9. The van der Waals surface area contributed by atoms with Crippen LogP contribution in [0.25, 0.3) is 16.6 Å². The first-order valence-electron chi connectivity index (χ1n) is 11.9. The molecule has 0 radical (unpaired) electrons. The lowest BCUT2D eigenvalue weighted by Crippen LogP contribution is -2.39. The summed E-state index contributed by atoms with van der Waals surface area (Å²) in [5.41, 5.74) is 3.05. The predicted molar refractivity (Wildman–Crippen MR) is 140 cm³/mol. The minimum absolute atomic E-state index is 0.187. The van der Waals surface area contributed by atoms with Gasteiger partial charge in [-0.15, -0.1) is 0 Å². The summed E-state index contributed by atoms with van der Waals surface area (Å²) in [6, 6.07) is 22.7. The molecule has 8 heteroatoms. The van der Waals surface area contributed by atoms with Gasteiger partial charge in [-0.05, 0) is 79.2 Å². The van der Waals surface area contributed by atoms with E-state index in [0.29, 0.717) is 17.2 Å². The number of nitrogens with zero attached hydrogens (tertiary/aromatic N) is 3. The summed E-state index contributed by atoms with van der Waals surface area (Å²) in [7, 11) is 3.44. The van der Waals surface area contributed by atoms with Gasteiger partial charge in [0.2, 0.25) is 0 Å². The van der Waals surface area contributed by atoms with E-state index in [1.165, 1.54) is 12.1 Å². The van der Waals surface area contributed by atoms with Crippen molar-refractivity contribution in [3.8, 4) is 17.2 Å². The van der Waals surface area contributed by atoms with Gasteiger partial charge in [0.15, 0.2) is 0 Å². The number of rotatable bonds is 8. The van der Waals surface area contributed by atoms with Crippen LogP contribution in [0.5, 0.6) is 11.5 Å². The maximum absolute atomic E-state index is 13.4. The van der Waals surface area contributed by atoms with Crippen LogP contribution < -0.4 is 14.8 Å². The van der Waals surface area contributed by atoms with Crippen LogP contribution in [-0.2, 0) is 7.05 Å². The second-order valence-corrected chi connectivity index (χ2v) is 8.83. The van der Waals surface area contributed by atoms with Gasteiger partial charge in [0.25, 0.3) is 5.91 Å². The maximum atomic E-state index is 13.4. The summed E-state index contributed by atoms with van der Waals surface area (Å²) >= 11 is 0. The van der Waals surface area contributed by atoms with Crippen molar-refractivity contribution in [2.45, 2.75) is 19.1 Å². The van der Waals surface area contributed by atoms with Crippen LogP contribution in [0.4, 0.5) is 4.39 Å². The molecule has 2 unspecified atom stereocenters. The lowest BCUT2D eigenvalue weighted by Gasteiger charge is -2.27. The molecule has 1 amide bonds. The highest BCUT2D eigenvalue weighted by molar-refractivity contribution is 5.93. The second-order valence-electron chi connectivity index (χ2n) is 8.83. The Bertz CT molecular complexity index is 1540. The molecule has 2 atom stereocenters. The van der Waals surface area contributed by atoms with Crippen molar-refractivity contribution in [1.29, 1.82) is 0 Å². The van der Waals surface area contributed by atoms with Crippen molar-refractivity contribution < 1.29 is 18.7 Å². The Labute approximate surface area is 214 Å². The molecule has 5 rings (SSSR count). The topological polar surface area (TPSA) is 70.3 Å². The Morgan fingerprint density at radius 3 is 2.54 bits per heavy atom. The van der Waals surface area contributed by atoms with Gasteiger partial charge in [0.1, 0.15) is 29.1 Å². The molecule has 2 aromatic heterocycles. The molecule has 1 N–H and O–H groups in total. The number of methoxy groups -OCH3 is 1. The van der Waals surface area contributed by atoms with E-state index < -0.39 is 6.10 Å². The highest BCUT2D eigenvalue weighted by Crippen LogP contribution is 2.30. The molecule has 0 bridgehead atoms. The Morgan fingerprint density at radius 2 is 1.81 bits per heavy atom. The Morgan fingerprint density at radius 1 is 1.00 bits per heavy atom. The van der Waals surface area contributed by atoms with Crippen LogP contribution in [0.15, 0.2) is 91.3 Å². The maximum Gasteiger partial charge on any atom is 0.268 e. The van der Waals surface area contributed by atoms with Crippen LogP contribution >= 0.6 is 0 Å². The summed E-state index contributed by atoms with van der Waals surface area (Å²) in [5.74, 6) is 0.836. The molecule has 0 aliphatic carbocycles. The van der Waals surface area contributed by atoms with Crippen molar-refractivity contribution in [2.75, 3.05) is 7.11 Å². The number of carbonyl (C=O) groups excluding carboxylic acids is 1. The van der Waals surface area contributed by atoms with Gasteiger partial charge in [-0.2, -0.15) is 5.10 Å². The zero-order chi connectivity index (χ0) is 25.9. The number of nitrogens with one attached hydrogen (secondary N) is 1. The van der Waals surface area contributed by atoms with E-state index in [1.54, 1.807) is 40.8 Å². The van der Waals surface area contributed by atoms with E-state index in [9.17, 15) is 9.18 Å². The van der Waals surface area contributed by atoms with E-state index in [0.717, 1.165) is 22.2 Å². The molecule has 0 fully saturated rings. The van der Waals surface area contributed by atoms with Gasteiger partial charge in [0, 0.05) is 18.6 Å². The molecule has 0 aliphatic rings. The number of aromatic nitrogens is 3. The zero-order valence-electron chi connectivity index (χ0n) is 20.8. The third-order valence-corrected chi connectivity index (χ3v) is 6.29. The van der Waals surface area contributed by atoms with E-state index in [1.807, 2.05) is 68.7 Å². The number of benzene rings is 3. The minimum Gasteiger partial charge on any atom is -0.497 e. The van der Waals surface area contributed by atoms with Gasteiger partial charge >= 0.3 is 0 Å². The van der Waals surface area contributed by atoms with Crippen LogP contribution in [0.3, 0.4) is 0 Å². The van der Waals surface area contributed by atoms with Gasteiger partial charge in [0.05, 0.1) is 30.6 Å². The molecular formula is C29H27FN4O3. The van der Waals surface area contributed by atoms with Crippen LogP contribution in [0.1, 0.15) is 29.1 Å². The molecule has 0 saturated heterocycles. The molecule has 0 spiro atoms. The summed E-state index contributed by atoms with van der Waals surface area (Å²) in [5, 5.41) is 8.41. The molecule has 5 aromatic rings. The summed E-state index contributed by atoms with van der Waals surface area (Å²) < 4.78 is 28.8. The third kappa shape index (κ3) is 5.04. The van der Waals surface area contributed by atoms with Gasteiger partial charge < -0.3 is 19.4 Å². The molecular weight excluding hydrogens is 471 g/mol. The average Bonchev–Trinajstić information content (AvgIpc) is 3.53. The van der Waals surface area contributed by atoms with Gasteiger partial charge in [-0.25, -0.2) is 9.07 Å². The number of ether oxygens (including phenoxy) is 2. The molecule has 188 valence electrons. The fourth-order valence-electron chi connectivity index (χ4n) is 4.35.